The van der Waals surface area contributed by atoms with Crippen molar-refractivity contribution in [3.63, 3.8) is 0 Å². The van der Waals surface area contributed by atoms with Gasteiger partial charge in [0.25, 0.3) is 0 Å². The molecule has 0 saturated carbocycles. The Morgan fingerprint density at radius 1 is 1.44 bits per heavy atom. The van der Waals surface area contributed by atoms with Gasteiger partial charge in [-0.05, 0) is 23.8 Å². The van der Waals surface area contributed by atoms with Gasteiger partial charge in [0, 0.05) is 13.1 Å². The summed E-state index contributed by atoms with van der Waals surface area (Å²) in [4.78, 5) is 6.13. The predicted molar refractivity (Wildman–Crippen MR) is 56.0 cm³/mol. The fraction of sp³-hybridized carbons (Fsp3) is 0.556. The van der Waals surface area contributed by atoms with E-state index in [1.54, 1.807) is 16.9 Å². The molecule has 2 aromatic rings. The summed E-state index contributed by atoms with van der Waals surface area (Å²) in [7, 11) is 0. The highest BCUT2D eigenvalue weighted by Gasteiger charge is 2.32. The summed E-state index contributed by atoms with van der Waals surface area (Å²) in [5.74, 6) is 0.820. The number of tetrazole rings is 1. The Balaban J connectivity index is 2.03. The van der Waals surface area contributed by atoms with Crippen LogP contribution < -0.4 is 4.90 Å². The number of rotatable bonds is 1. The first-order valence-electron chi connectivity index (χ1n) is 5.15. The molecular weight excluding hydrogens is 208 g/mol. The Morgan fingerprint density at radius 2 is 2.31 bits per heavy atom. The lowest BCUT2D eigenvalue weighted by molar-refractivity contribution is 0.0838. The van der Waals surface area contributed by atoms with Crippen molar-refractivity contribution in [2.24, 2.45) is 0 Å². The van der Waals surface area contributed by atoms with Crippen LogP contribution in [-0.2, 0) is 0 Å². The smallest absolute Gasteiger partial charge is 0.199 e. The van der Waals surface area contributed by atoms with Crippen LogP contribution in [0.3, 0.4) is 0 Å². The van der Waals surface area contributed by atoms with Crippen LogP contribution in [0.15, 0.2) is 12.4 Å². The predicted octanol–water partition coefficient (Wildman–Crippen LogP) is -0.520. The minimum Gasteiger partial charge on any atom is -0.388 e. The fourth-order valence-electron chi connectivity index (χ4n) is 2.02. The van der Waals surface area contributed by atoms with Crippen molar-refractivity contribution in [3.8, 4) is 0 Å². The first kappa shape index (κ1) is 9.46. The highest BCUT2D eigenvalue weighted by Crippen LogP contribution is 2.25. The van der Waals surface area contributed by atoms with Gasteiger partial charge in [-0.2, -0.15) is 4.52 Å². The van der Waals surface area contributed by atoms with Crippen LogP contribution in [0.2, 0.25) is 0 Å². The Hall–Kier alpha value is -1.76. The van der Waals surface area contributed by atoms with Gasteiger partial charge >= 0.3 is 0 Å². The van der Waals surface area contributed by atoms with Crippen LogP contribution in [0.5, 0.6) is 0 Å². The van der Waals surface area contributed by atoms with Gasteiger partial charge in [-0.25, -0.2) is 0 Å². The molecule has 3 heterocycles. The maximum atomic E-state index is 9.93. The normalized spacial score (nSPS) is 25.5. The minimum atomic E-state index is -0.643. The summed E-state index contributed by atoms with van der Waals surface area (Å²) in [6, 6.07) is 0. The van der Waals surface area contributed by atoms with E-state index in [4.69, 9.17) is 0 Å². The molecule has 1 unspecified atom stereocenters. The van der Waals surface area contributed by atoms with Crippen molar-refractivity contribution < 1.29 is 5.11 Å². The third-order valence-corrected chi connectivity index (χ3v) is 2.87. The monoisotopic (exact) mass is 220 g/mol. The van der Waals surface area contributed by atoms with Crippen LogP contribution in [0, 0.1) is 0 Å². The maximum absolute atomic E-state index is 9.93. The summed E-state index contributed by atoms with van der Waals surface area (Å²) in [5.41, 5.74) is -0.0278. The van der Waals surface area contributed by atoms with Crippen LogP contribution in [-0.4, -0.2) is 48.8 Å². The molecule has 3 rings (SSSR count). The van der Waals surface area contributed by atoms with Crippen LogP contribution in [0.1, 0.15) is 13.3 Å². The van der Waals surface area contributed by atoms with E-state index in [9.17, 15) is 5.11 Å². The summed E-state index contributed by atoms with van der Waals surface area (Å²) >= 11 is 0. The Kier molecular flexibility index (Phi) is 1.84. The second kappa shape index (κ2) is 3.11. The third-order valence-electron chi connectivity index (χ3n) is 2.87. The number of hydrogen-bond acceptors (Lipinski definition) is 6. The van der Waals surface area contributed by atoms with Gasteiger partial charge in [0.05, 0.1) is 18.0 Å². The van der Waals surface area contributed by atoms with Crippen LogP contribution in [0.4, 0.5) is 5.82 Å². The SMILES string of the molecule is CC1(O)CCN(c2cncc3nnnn23)C1. The molecule has 1 N–H and O–H groups in total. The lowest BCUT2D eigenvalue weighted by Crippen LogP contribution is -2.30. The van der Waals surface area contributed by atoms with E-state index in [0.717, 1.165) is 18.8 Å². The molecule has 0 radical (unpaired) electrons. The zero-order chi connectivity index (χ0) is 11.2. The highest BCUT2D eigenvalue weighted by atomic mass is 16.3. The van der Waals surface area contributed by atoms with E-state index in [1.807, 2.05) is 11.8 Å². The molecule has 0 spiro atoms. The molecule has 0 aromatic carbocycles. The Labute approximate surface area is 91.7 Å². The highest BCUT2D eigenvalue weighted by molar-refractivity contribution is 5.47. The lowest BCUT2D eigenvalue weighted by Gasteiger charge is -2.20. The standard InChI is InChI=1S/C9H12N6O/c1-9(16)2-3-14(6-9)8-5-10-4-7-11-12-13-15(7)8/h4-5,16H,2-3,6H2,1H3. The van der Waals surface area contributed by atoms with E-state index in [2.05, 4.69) is 20.5 Å². The van der Waals surface area contributed by atoms with Crippen LogP contribution >= 0.6 is 0 Å². The van der Waals surface area contributed by atoms with Crippen LogP contribution in [0.25, 0.3) is 5.65 Å². The number of anilines is 1. The summed E-state index contributed by atoms with van der Waals surface area (Å²) in [6.07, 6.45) is 4.06. The van der Waals surface area contributed by atoms with Crippen molar-refractivity contribution in [1.29, 1.82) is 0 Å². The number of aromatic nitrogens is 5. The van der Waals surface area contributed by atoms with Gasteiger partial charge in [-0.3, -0.25) is 4.98 Å². The van der Waals surface area contributed by atoms with Gasteiger partial charge in [-0.15, -0.1) is 5.10 Å². The largest absolute Gasteiger partial charge is 0.388 e. The molecule has 2 aromatic heterocycles. The van der Waals surface area contributed by atoms with Gasteiger partial charge < -0.3 is 10.0 Å². The molecule has 84 valence electrons. The average Bonchev–Trinajstić information content (AvgIpc) is 2.83. The van der Waals surface area contributed by atoms with E-state index >= 15 is 0 Å². The lowest BCUT2D eigenvalue weighted by atomic mass is 10.1. The Morgan fingerprint density at radius 3 is 3.06 bits per heavy atom. The van der Waals surface area contributed by atoms with Gasteiger partial charge in [-0.1, -0.05) is 0 Å². The summed E-state index contributed by atoms with van der Waals surface area (Å²) in [6.45, 7) is 3.20. The second-order valence-electron chi connectivity index (χ2n) is 4.38. The van der Waals surface area contributed by atoms with Gasteiger partial charge in [0.2, 0.25) is 0 Å². The maximum Gasteiger partial charge on any atom is 0.199 e. The Bertz CT molecular complexity index is 521. The van der Waals surface area contributed by atoms with E-state index in [1.165, 1.54) is 0 Å². The molecule has 16 heavy (non-hydrogen) atoms. The third kappa shape index (κ3) is 1.40. The molecule has 0 amide bonds. The number of nitrogens with zero attached hydrogens (tertiary/aromatic N) is 6. The van der Waals surface area contributed by atoms with Crippen molar-refractivity contribution in [1.82, 2.24) is 25.0 Å². The van der Waals surface area contributed by atoms with E-state index in [-0.39, 0.29) is 0 Å². The van der Waals surface area contributed by atoms with Crippen molar-refractivity contribution >= 4 is 11.5 Å². The second-order valence-corrected chi connectivity index (χ2v) is 4.38. The van der Waals surface area contributed by atoms with Crippen molar-refractivity contribution in [2.45, 2.75) is 18.9 Å². The molecular formula is C9H12N6O. The number of β-amino-alcohol motifs (C(OH)–C–C–N with tert-alkyl or cyclic N) is 1. The van der Waals surface area contributed by atoms with Crippen molar-refractivity contribution in [2.75, 3.05) is 18.0 Å². The topological polar surface area (TPSA) is 79.4 Å². The minimum absolute atomic E-state index is 0.577. The zero-order valence-electron chi connectivity index (χ0n) is 8.91. The fourth-order valence-corrected chi connectivity index (χ4v) is 2.02. The molecule has 1 fully saturated rings. The first-order chi connectivity index (χ1) is 7.66. The van der Waals surface area contributed by atoms with Crippen molar-refractivity contribution in [3.05, 3.63) is 12.4 Å². The number of fused-ring (bicyclic) bond motifs is 1. The first-order valence-corrected chi connectivity index (χ1v) is 5.15. The molecule has 1 aliphatic heterocycles. The summed E-state index contributed by atoms with van der Waals surface area (Å²) < 4.78 is 1.63. The molecule has 0 aliphatic carbocycles. The molecule has 7 heteroatoms. The number of hydrogen-bond donors (Lipinski definition) is 1. The molecule has 1 atom stereocenters. The average molecular weight is 220 g/mol. The molecule has 1 aliphatic rings. The molecule has 0 bridgehead atoms. The molecule has 1 saturated heterocycles. The molecule has 7 nitrogen and oxygen atoms in total. The van der Waals surface area contributed by atoms with Gasteiger partial charge in [0.15, 0.2) is 11.5 Å². The van der Waals surface area contributed by atoms with E-state index in [0.29, 0.717) is 12.2 Å². The van der Waals surface area contributed by atoms with E-state index < -0.39 is 5.60 Å². The summed E-state index contributed by atoms with van der Waals surface area (Å²) in [5, 5.41) is 21.3. The zero-order valence-corrected chi connectivity index (χ0v) is 8.91. The number of aliphatic hydroxyl groups is 1. The van der Waals surface area contributed by atoms with Gasteiger partial charge in [0.1, 0.15) is 0 Å². The quantitative estimate of drug-likeness (QED) is 0.696.